The summed E-state index contributed by atoms with van der Waals surface area (Å²) in [7, 11) is 2.35. The first-order chi connectivity index (χ1) is 14.7. The Morgan fingerprint density at radius 3 is 2.68 bits per heavy atom. The molecule has 0 radical (unpaired) electrons. The van der Waals surface area contributed by atoms with Gasteiger partial charge in [-0.2, -0.15) is 0 Å². The molecule has 0 aromatic rings. The fourth-order valence-electron chi connectivity index (χ4n) is 9.89. The van der Waals surface area contributed by atoms with Crippen molar-refractivity contribution in [3.8, 4) is 0 Å². The average Bonchev–Trinajstić information content (AvgIpc) is 3.23. The Hall–Kier alpha value is -0.600. The number of piperidine rings is 1. The molecule has 2 aliphatic heterocycles. The van der Waals surface area contributed by atoms with Crippen LogP contribution in [-0.2, 0) is 4.74 Å². The van der Waals surface area contributed by atoms with E-state index in [2.05, 4.69) is 52.6 Å². The second-order valence-corrected chi connectivity index (χ2v) is 13.1. The number of likely N-dealkylation sites (tertiary alicyclic amines) is 1. The van der Waals surface area contributed by atoms with E-state index in [1.165, 1.54) is 57.9 Å². The third-order valence-corrected chi connectivity index (χ3v) is 11.5. The number of likely N-dealkylation sites (N-methyl/N-ethyl adjacent to an activating group) is 1. The Morgan fingerprint density at radius 1 is 1.06 bits per heavy atom. The molecule has 1 spiro atoms. The van der Waals surface area contributed by atoms with E-state index in [0.717, 1.165) is 29.6 Å². The molecular formula is C29H45NO. The zero-order valence-corrected chi connectivity index (χ0v) is 20.9. The lowest BCUT2D eigenvalue weighted by Crippen LogP contribution is -2.50. The van der Waals surface area contributed by atoms with Gasteiger partial charge in [-0.15, -0.1) is 0 Å². The molecule has 0 unspecified atom stereocenters. The summed E-state index contributed by atoms with van der Waals surface area (Å²) in [6, 6.07) is 0.609. The molecule has 2 saturated carbocycles. The van der Waals surface area contributed by atoms with Gasteiger partial charge in [0, 0.05) is 18.5 Å². The molecule has 172 valence electrons. The highest BCUT2D eigenvalue weighted by Gasteiger charge is 2.61. The van der Waals surface area contributed by atoms with Crippen molar-refractivity contribution in [1.82, 2.24) is 4.90 Å². The van der Waals surface area contributed by atoms with Crippen LogP contribution in [0.3, 0.4) is 0 Å². The summed E-state index contributed by atoms with van der Waals surface area (Å²) < 4.78 is 7.15. The largest absolute Gasteiger partial charge is 0.365 e. The normalized spacial score (nSPS) is 54.3. The zero-order valence-electron chi connectivity index (χ0n) is 20.9. The Labute approximate surface area is 190 Å². The van der Waals surface area contributed by atoms with Crippen molar-refractivity contribution in [1.29, 1.82) is 0 Å². The van der Waals surface area contributed by atoms with E-state index in [0.29, 0.717) is 23.5 Å². The van der Waals surface area contributed by atoms with Crippen molar-refractivity contribution in [3.05, 3.63) is 22.8 Å². The third kappa shape index (κ3) is 2.76. The zero-order chi connectivity index (χ0) is 21.7. The van der Waals surface area contributed by atoms with Gasteiger partial charge in [-0.3, -0.25) is 0 Å². The van der Waals surface area contributed by atoms with Crippen LogP contribution in [0.2, 0.25) is 0 Å². The van der Waals surface area contributed by atoms with E-state index >= 15 is 0 Å². The van der Waals surface area contributed by atoms with Gasteiger partial charge in [-0.25, -0.2) is 0 Å². The van der Waals surface area contributed by atoms with Gasteiger partial charge in [-0.05, 0) is 106 Å². The molecule has 2 nitrogen and oxygen atoms in total. The van der Waals surface area contributed by atoms with Crippen LogP contribution in [0.5, 0.6) is 0 Å². The molecule has 6 rings (SSSR count). The maximum atomic E-state index is 7.15. The number of hydrogen-bond donors (Lipinski definition) is 0. The van der Waals surface area contributed by atoms with E-state index in [1.807, 2.05) is 11.1 Å². The lowest BCUT2D eigenvalue weighted by Gasteiger charge is -2.49. The molecule has 4 aliphatic carbocycles. The molecule has 2 heterocycles. The van der Waals surface area contributed by atoms with Crippen molar-refractivity contribution in [3.63, 3.8) is 0 Å². The van der Waals surface area contributed by atoms with Crippen LogP contribution in [0, 0.1) is 40.9 Å². The van der Waals surface area contributed by atoms with Crippen LogP contribution in [0.25, 0.3) is 0 Å². The molecule has 2 heteroatoms. The lowest BCUT2D eigenvalue weighted by molar-refractivity contribution is -0.0626. The van der Waals surface area contributed by atoms with Gasteiger partial charge in [-0.1, -0.05) is 44.9 Å². The predicted octanol–water partition coefficient (Wildman–Crippen LogP) is 6.62. The molecule has 4 fully saturated rings. The molecule has 0 aromatic carbocycles. The Bertz CT molecular complexity index is 827. The molecule has 0 amide bonds. The molecular weight excluding hydrogens is 378 g/mol. The highest BCUT2D eigenvalue weighted by molar-refractivity contribution is 5.38. The topological polar surface area (TPSA) is 12.5 Å². The van der Waals surface area contributed by atoms with E-state index in [4.69, 9.17) is 4.74 Å². The van der Waals surface area contributed by atoms with Crippen molar-refractivity contribution in [2.24, 2.45) is 40.9 Å². The number of allylic oxidation sites excluding steroid dienone is 3. The highest BCUT2D eigenvalue weighted by atomic mass is 16.5. The molecule has 6 aliphatic rings. The van der Waals surface area contributed by atoms with Gasteiger partial charge in [0.1, 0.15) is 0 Å². The van der Waals surface area contributed by atoms with Crippen LogP contribution < -0.4 is 0 Å². The minimum Gasteiger partial charge on any atom is -0.365 e. The van der Waals surface area contributed by atoms with Crippen LogP contribution in [-0.4, -0.2) is 36.2 Å². The van der Waals surface area contributed by atoms with Crippen LogP contribution in [0.1, 0.15) is 86.0 Å². The van der Waals surface area contributed by atoms with E-state index in [-0.39, 0.29) is 5.60 Å². The van der Waals surface area contributed by atoms with Gasteiger partial charge in [0.2, 0.25) is 0 Å². The van der Waals surface area contributed by atoms with E-state index < -0.39 is 0 Å². The van der Waals surface area contributed by atoms with Gasteiger partial charge in [0.05, 0.1) is 11.7 Å². The van der Waals surface area contributed by atoms with Crippen molar-refractivity contribution < 1.29 is 4.74 Å². The minimum atomic E-state index is 0.0191. The number of rotatable bonds is 0. The number of fused-ring (bicyclic) bond motifs is 6. The summed E-state index contributed by atoms with van der Waals surface area (Å²) in [5.41, 5.74) is 5.84. The summed E-state index contributed by atoms with van der Waals surface area (Å²) in [4.78, 5) is 2.64. The molecule has 0 aromatic heterocycles. The number of nitrogens with zero attached hydrogens (tertiary/aromatic N) is 1. The SMILES string of the molecule is CC1=C2C[C@H]3[C@@H](CC=C4C[C@@H](C)CC[C@@]43C)[C@@H]2CC[C@]12O[C@@H]1C[C@H](C)CN(C)[C@H]1[C@H]2C. The Balaban J connectivity index is 1.34. The third-order valence-electron chi connectivity index (χ3n) is 11.5. The standard InChI is InChI=1S/C29H45NO/c1-17-9-11-28(5)21(13-17)7-8-23-22-10-12-29(19(3)24(22)15-25(23)28)20(4)27-26(31-29)14-18(2)16-30(27)6/h7,17-18,20,22-23,25-27H,8-16H2,1-6H3/t17-,18-,20+,22-,23-,25-,26+,27-,28-,29-/m0/s1. The summed E-state index contributed by atoms with van der Waals surface area (Å²) in [6.07, 6.45) is 13.9. The van der Waals surface area contributed by atoms with Gasteiger partial charge < -0.3 is 9.64 Å². The number of hydrogen-bond acceptors (Lipinski definition) is 2. The first-order valence-electron chi connectivity index (χ1n) is 13.5. The maximum Gasteiger partial charge on any atom is 0.0937 e. The molecule has 31 heavy (non-hydrogen) atoms. The highest BCUT2D eigenvalue weighted by Crippen LogP contribution is 2.65. The van der Waals surface area contributed by atoms with Gasteiger partial charge >= 0.3 is 0 Å². The van der Waals surface area contributed by atoms with Crippen LogP contribution >= 0.6 is 0 Å². The fourth-order valence-corrected chi connectivity index (χ4v) is 9.89. The second kappa shape index (κ2) is 6.95. The summed E-state index contributed by atoms with van der Waals surface area (Å²) >= 11 is 0. The van der Waals surface area contributed by atoms with Crippen molar-refractivity contribution in [2.75, 3.05) is 13.6 Å². The molecule has 0 N–H and O–H groups in total. The number of ether oxygens (including phenoxy) is 1. The Kier molecular flexibility index (Phi) is 4.70. The molecule has 10 atom stereocenters. The maximum absolute atomic E-state index is 7.15. The molecule has 2 saturated heterocycles. The summed E-state index contributed by atoms with van der Waals surface area (Å²) in [5, 5.41) is 0. The quantitative estimate of drug-likeness (QED) is 0.406. The smallest absolute Gasteiger partial charge is 0.0937 e. The average molecular weight is 424 g/mol. The first-order valence-corrected chi connectivity index (χ1v) is 13.5. The second-order valence-electron chi connectivity index (χ2n) is 13.1. The van der Waals surface area contributed by atoms with Crippen molar-refractivity contribution >= 4 is 0 Å². The van der Waals surface area contributed by atoms with Crippen LogP contribution in [0.15, 0.2) is 22.8 Å². The van der Waals surface area contributed by atoms with E-state index in [9.17, 15) is 0 Å². The van der Waals surface area contributed by atoms with Gasteiger partial charge in [0.15, 0.2) is 0 Å². The van der Waals surface area contributed by atoms with E-state index in [1.54, 1.807) is 5.57 Å². The first kappa shape index (κ1) is 21.0. The lowest BCUT2D eigenvalue weighted by atomic mass is 9.55. The monoisotopic (exact) mass is 423 g/mol. The summed E-state index contributed by atoms with van der Waals surface area (Å²) in [5.74, 6) is 4.87. The minimum absolute atomic E-state index is 0.0191. The fraction of sp³-hybridized carbons (Fsp3) is 0.862. The predicted molar refractivity (Wildman–Crippen MR) is 128 cm³/mol. The summed E-state index contributed by atoms with van der Waals surface area (Å²) in [6.45, 7) is 13.8. The molecule has 0 bridgehead atoms. The van der Waals surface area contributed by atoms with Crippen molar-refractivity contribution in [2.45, 2.75) is 104 Å². The van der Waals surface area contributed by atoms with Gasteiger partial charge in [0.25, 0.3) is 0 Å². The van der Waals surface area contributed by atoms with Crippen LogP contribution in [0.4, 0.5) is 0 Å². The Morgan fingerprint density at radius 2 is 1.87 bits per heavy atom.